The molecule has 0 aliphatic carbocycles. The molecule has 1 aromatic heterocycles. The van der Waals surface area contributed by atoms with E-state index in [4.69, 9.17) is 10.5 Å². The van der Waals surface area contributed by atoms with Crippen LogP contribution in [-0.4, -0.2) is 38.9 Å². The summed E-state index contributed by atoms with van der Waals surface area (Å²) in [6, 6.07) is 9.30. The van der Waals surface area contributed by atoms with Crippen LogP contribution in [-0.2, 0) is 11.3 Å². The first-order valence-electron chi connectivity index (χ1n) is 7.87. The van der Waals surface area contributed by atoms with Gasteiger partial charge in [-0.25, -0.2) is 14.8 Å². The van der Waals surface area contributed by atoms with E-state index in [1.165, 1.54) is 6.20 Å². The highest BCUT2D eigenvalue weighted by molar-refractivity contribution is 5.67. The smallest absolute Gasteiger partial charge is 0.407 e. The number of hydrogen-bond acceptors (Lipinski definition) is 7. The van der Waals surface area contributed by atoms with Crippen LogP contribution < -0.4 is 11.1 Å². The Morgan fingerprint density at radius 1 is 1.32 bits per heavy atom. The number of hydrogen-bond donors (Lipinski definition) is 4. The topological polar surface area (TPSA) is 131 Å². The van der Waals surface area contributed by atoms with E-state index in [0.29, 0.717) is 11.3 Å². The summed E-state index contributed by atoms with van der Waals surface area (Å²) in [5.41, 5.74) is 7.23. The zero-order valence-corrected chi connectivity index (χ0v) is 13.9. The van der Waals surface area contributed by atoms with Gasteiger partial charge in [-0.05, 0) is 18.9 Å². The minimum Gasteiger partial charge on any atom is -0.445 e. The van der Waals surface area contributed by atoms with Crippen LogP contribution in [0, 0.1) is 6.92 Å². The van der Waals surface area contributed by atoms with Crippen LogP contribution >= 0.6 is 0 Å². The van der Waals surface area contributed by atoms with Gasteiger partial charge in [-0.2, -0.15) is 0 Å². The summed E-state index contributed by atoms with van der Waals surface area (Å²) in [6.45, 7) is 1.99. The first-order chi connectivity index (χ1) is 12.0. The molecule has 1 heterocycles. The number of aromatic nitrogens is 2. The molecule has 2 rings (SSSR count). The molecule has 0 fully saturated rings. The molecule has 5 N–H and O–H groups in total. The van der Waals surface area contributed by atoms with Gasteiger partial charge in [0.25, 0.3) is 0 Å². The Bertz CT molecular complexity index is 696. The van der Waals surface area contributed by atoms with Crippen LogP contribution in [0.2, 0.25) is 0 Å². The van der Waals surface area contributed by atoms with E-state index in [2.05, 4.69) is 15.3 Å². The number of aryl methyl sites for hydroxylation is 1. The van der Waals surface area contributed by atoms with Crippen LogP contribution in [0.25, 0.3) is 0 Å². The second kappa shape index (κ2) is 8.95. The fraction of sp³-hybridized carbons (Fsp3) is 0.353. The summed E-state index contributed by atoms with van der Waals surface area (Å²) >= 11 is 0. The predicted molar refractivity (Wildman–Crippen MR) is 91.4 cm³/mol. The van der Waals surface area contributed by atoms with Gasteiger partial charge in [0.15, 0.2) is 0 Å². The summed E-state index contributed by atoms with van der Waals surface area (Å²) in [6.07, 6.45) is -1.31. The number of ether oxygens (including phenoxy) is 1. The molecule has 0 aliphatic rings. The predicted octanol–water partition coefficient (Wildman–Crippen LogP) is 1.08. The lowest BCUT2D eigenvalue weighted by Crippen LogP contribution is -2.30. The zero-order chi connectivity index (χ0) is 18.2. The number of benzene rings is 1. The second-order valence-electron chi connectivity index (χ2n) is 5.56. The van der Waals surface area contributed by atoms with Crippen molar-refractivity contribution >= 4 is 12.0 Å². The molecule has 0 radical (unpaired) electrons. The first-order valence-corrected chi connectivity index (χ1v) is 7.87. The highest BCUT2D eigenvalue weighted by atomic mass is 16.5. The Morgan fingerprint density at radius 3 is 2.72 bits per heavy atom. The Morgan fingerprint density at radius 2 is 2.04 bits per heavy atom. The third-order valence-corrected chi connectivity index (χ3v) is 3.64. The maximum absolute atomic E-state index is 11.6. The molecule has 8 heteroatoms. The normalized spacial score (nSPS) is 13.1. The summed E-state index contributed by atoms with van der Waals surface area (Å²) in [4.78, 5) is 19.4. The van der Waals surface area contributed by atoms with E-state index < -0.39 is 18.3 Å². The second-order valence-corrected chi connectivity index (χ2v) is 5.56. The van der Waals surface area contributed by atoms with Gasteiger partial charge in [0.2, 0.25) is 5.95 Å². The fourth-order valence-corrected chi connectivity index (χ4v) is 2.25. The molecular formula is C17H22N4O4. The molecule has 0 bridgehead atoms. The van der Waals surface area contributed by atoms with Gasteiger partial charge in [-0.15, -0.1) is 0 Å². The average Bonchev–Trinajstić information content (AvgIpc) is 2.60. The molecule has 0 saturated carbocycles. The van der Waals surface area contributed by atoms with Crippen molar-refractivity contribution in [1.82, 2.24) is 15.3 Å². The maximum Gasteiger partial charge on any atom is 0.407 e. The third-order valence-electron chi connectivity index (χ3n) is 3.64. The van der Waals surface area contributed by atoms with Crippen molar-refractivity contribution in [2.45, 2.75) is 32.2 Å². The molecular weight excluding hydrogens is 324 g/mol. The van der Waals surface area contributed by atoms with Crippen molar-refractivity contribution in [3.8, 4) is 0 Å². The van der Waals surface area contributed by atoms with Gasteiger partial charge < -0.3 is 26.0 Å². The van der Waals surface area contributed by atoms with E-state index in [9.17, 15) is 15.0 Å². The van der Waals surface area contributed by atoms with Crippen molar-refractivity contribution < 1.29 is 19.7 Å². The monoisotopic (exact) mass is 346 g/mol. The first kappa shape index (κ1) is 18.6. The van der Waals surface area contributed by atoms with Crippen LogP contribution in [0.15, 0.2) is 36.5 Å². The van der Waals surface area contributed by atoms with E-state index in [-0.39, 0.29) is 25.5 Å². The van der Waals surface area contributed by atoms with Gasteiger partial charge in [-0.3, -0.25) is 0 Å². The zero-order valence-electron chi connectivity index (χ0n) is 13.9. The standard InChI is InChI=1S/C17H22N4O4/c1-11-13(9-20-16(18)21-11)15(23)14(22)7-8-19-17(24)25-10-12-5-3-2-4-6-12/h2-6,9,14-15,22-23H,7-8,10H2,1H3,(H,19,24)(H2,18,20,21). The molecule has 8 nitrogen and oxygen atoms in total. The number of aliphatic hydroxyl groups is 2. The van der Waals surface area contributed by atoms with Crippen molar-refractivity contribution in [1.29, 1.82) is 0 Å². The third kappa shape index (κ3) is 5.70. The van der Waals surface area contributed by atoms with Gasteiger partial charge in [0, 0.05) is 24.0 Å². The van der Waals surface area contributed by atoms with Crippen LogP contribution in [0.4, 0.5) is 10.7 Å². The van der Waals surface area contributed by atoms with E-state index >= 15 is 0 Å². The fourth-order valence-electron chi connectivity index (χ4n) is 2.25. The van der Waals surface area contributed by atoms with Crippen LogP contribution in [0.5, 0.6) is 0 Å². The number of nitrogen functional groups attached to an aromatic ring is 1. The number of anilines is 1. The SMILES string of the molecule is Cc1nc(N)ncc1C(O)C(O)CCNC(=O)OCc1ccccc1. The number of carbonyl (C=O) groups excluding carboxylic acids is 1. The largest absolute Gasteiger partial charge is 0.445 e. The lowest BCUT2D eigenvalue weighted by atomic mass is 10.0. The Labute approximate surface area is 145 Å². The number of rotatable bonds is 7. The number of alkyl carbamates (subject to hydrolysis) is 1. The highest BCUT2D eigenvalue weighted by Gasteiger charge is 2.21. The summed E-state index contributed by atoms with van der Waals surface area (Å²) in [5.74, 6) is 0.103. The molecule has 2 unspecified atom stereocenters. The van der Waals surface area contributed by atoms with Crippen molar-refractivity contribution in [2.24, 2.45) is 0 Å². The molecule has 2 atom stereocenters. The summed E-state index contributed by atoms with van der Waals surface area (Å²) in [5, 5.41) is 22.8. The molecule has 1 aromatic carbocycles. The van der Waals surface area contributed by atoms with Gasteiger partial charge >= 0.3 is 6.09 Å². The minimum atomic E-state index is -1.16. The number of aliphatic hydroxyl groups excluding tert-OH is 2. The van der Waals surface area contributed by atoms with Crippen molar-refractivity contribution in [3.05, 3.63) is 53.3 Å². The Hall–Kier alpha value is -2.71. The molecule has 1 amide bonds. The van der Waals surface area contributed by atoms with Crippen LogP contribution in [0.3, 0.4) is 0 Å². The molecule has 25 heavy (non-hydrogen) atoms. The van der Waals surface area contributed by atoms with Crippen LogP contribution in [0.1, 0.15) is 29.3 Å². The number of nitrogens with one attached hydrogen (secondary N) is 1. The minimum absolute atomic E-state index is 0.103. The van der Waals surface area contributed by atoms with Gasteiger partial charge in [0.1, 0.15) is 12.7 Å². The van der Waals surface area contributed by atoms with E-state index in [1.807, 2.05) is 30.3 Å². The summed E-state index contributed by atoms with van der Waals surface area (Å²) < 4.78 is 5.06. The molecule has 0 spiro atoms. The lowest BCUT2D eigenvalue weighted by molar-refractivity contribution is 0.0128. The van der Waals surface area contributed by atoms with Crippen molar-refractivity contribution in [3.63, 3.8) is 0 Å². The van der Waals surface area contributed by atoms with Gasteiger partial charge in [0.05, 0.1) is 6.10 Å². The van der Waals surface area contributed by atoms with E-state index in [0.717, 1.165) is 5.56 Å². The lowest BCUT2D eigenvalue weighted by Gasteiger charge is -2.19. The maximum atomic E-state index is 11.6. The number of nitrogens with zero attached hydrogens (tertiary/aromatic N) is 2. The summed E-state index contributed by atoms with van der Waals surface area (Å²) in [7, 11) is 0. The molecule has 2 aromatic rings. The van der Waals surface area contributed by atoms with Gasteiger partial charge in [-0.1, -0.05) is 30.3 Å². The Balaban J connectivity index is 1.74. The highest BCUT2D eigenvalue weighted by Crippen LogP contribution is 2.20. The van der Waals surface area contributed by atoms with E-state index in [1.54, 1.807) is 6.92 Å². The molecule has 0 aliphatic heterocycles. The average molecular weight is 346 g/mol. The number of nitrogens with two attached hydrogens (primary N) is 1. The number of amides is 1. The molecule has 134 valence electrons. The molecule has 0 saturated heterocycles. The Kier molecular flexibility index (Phi) is 6.67. The van der Waals surface area contributed by atoms with Crippen molar-refractivity contribution in [2.75, 3.05) is 12.3 Å². The quantitative estimate of drug-likeness (QED) is 0.590. The number of carbonyl (C=O) groups is 1.